The van der Waals surface area contributed by atoms with Gasteiger partial charge in [0.15, 0.2) is 0 Å². The zero-order valence-corrected chi connectivity index (χ0v) is 8.01. The van der Waals surface area contributed by atoms with Crippen LogP contribution in [0.25, 0.3) is 0 Å². The molecule has 2 nitrogen and oxygen atoms in total. The number of likely N-dealkylation sites (tertiary alicyclic amines) is 1. The molecule has 1 aliphatic rings. The van der Waals surface area contributed by atoms with Crippen LogP contribution in [0.5, 0.6) is 0 Å². The first-order valence-electron chi connectivity index (χ1n) is 5.12. The summed E-state index contributed by atoms with van der Waals surface area (Å²) in [6, 6.07) is 0. The van der Waals surface area contributed by atoms with Crippen molar-refractivity contribution in [2.75, 3.05) is 13.1 Å². The average molecular weight is 169 g/mol. The molecule has 1 saturated heterocycles. The Kier molecular flexibility index (Phi) is 4.12. The van der Waals surface area contributed by atoms with E-state index in [0.717, 1.165) is 32.4 Å². The third-order valence-corrected chi connectivity index (χ3v) is 2.41. The Hall–Kier alpha value is -0.530. The summed E-state index contributed by atoms with van der Waals surface area (Å²) in [5, 5.41) is 0. The van der Waals surface area contributed by atoms with E-state index < -0.39 is 0 Å². The van der Waals surface area contributed by atoms with Gasteiger partial charge in [0.05, 0.1) is 0 Å². The number of hydrogen-bond acceptors (Lipinski definition) is 1. The second-order valence-electron chi connectivity index (χ2n) is 3.55. The molecule has 0 atom stereocenters. The second kappa shape index (κ2) is 5.18. The number of carbonyl (C=O) groups excluding carboxylic acids is 1. The molecule has 0 aromatic heterocycles. The van der Waals surface area contributed by atoms with Crippen molar-refractivity contribution in [2.24, 2.45) is 0 Å². The van der Waals surface area contributed by atoms with E-state index in [1.165, 1.54) is 19.3 Å². The van der Waals surface area contributed by atoms with Crippen LogP contribution in [-0.2, 0) is 4.79 Å². The van der Waals surface area contributed by atoms with Gasteiger partial charge in [-0.15, -0.1) is 0 Å². The lowest BCUT2D eigenvalue weighted by molar-refractivity contribution is -0.131. The average Bonchev–Trinajstić information content (AvgIpc) is 2.05. The summed E-state index contributed by atoms with van der Waals surface area (Å²) < 4.78 is 0. The molecular weight excluding hydrogens is 150 g/mol. The molecule has 1 fully saturated rings. The Bertz CT molecular complexity index is 145. The van der Waals surface area contributed by atoms with Crippen molar-refractivity contribution in [3.8, 4) is 0 Å². The van der Waals surface area contributed by atoms with Gasteiger partial charge in [0.2, 0.25) is 5.91 Å². The van der Waals surface area contributed by atoms with Crippen molar-refractivity contribution in [2.45, 2.75) is 45.4 Å². The Morgan fingerprint density at radius 3 is 2.75 bits per heavy atom. The fourth-order valence-corrected chi connectivity index (χ4v) is 1.72. The summed E-state index contributed by atoms with van der Waals surface area (Å²) in [5.41, 5.74) is 0. The number of rotatable bonds is 2. The fourth-order valence-electron chi connectivity index (χ4n) is 1.72. The SMILES string of the molecule is CCCN1CCCCCCC1=O. The maximum Gasteiger partial charge on any atom is 0.222 e. The van der Waals surface area contributed by atoms with Gasteiger partial charge in [-0.05, 0) is 19.3 Å². The molecule has 0 radical (unpaired) electrons. The van der Waals surface area contributed by atoms with Crippen molar-refractivity contribution in [3.05, 3.63) is 0 Å². The zero-order valence-electron chi connectivity index (χ0n) is 8.01. The zero-order chi connectivity index (χ0) is 8.81. The van der Waals surface area contributed by atoms with Gasteiger partial charge in [0, 0.05) is 19.5 Å². The molecule has 0 aromatic rings. The Labute approximate surface area is 74.9 Å². The summed E-state index contributed by atoms with van der Waals surface area (Å²) in [7, 11) is 0. The molecular formula is C10H19NO. The van der Waals surface area contributed by atoms with E-state index in [0.29, 0.717) is 5.91 Å². The van der Waals surface area contributed by atoms with Crippen LogP contribution in [0, 0.1) is 0 Å². The van der Waals surface area contributed by atoms with E-state index in [1.807, 2.05) is 4.90 Å². The van der Waals surface area contributed by atoms with E-state index in [2.05, 4.69) is 6.92 Å². The molecule has 0 saturated carbocycles. The van der Waals surface area contributed by atoms with Crippen LogP contribution in [0.3, 0.4) is 0 Å². The van der Waals surface area contributed by atoms with Crippen LogP contribution >= 0.6 is 0 Å². The Balaban J connectivity index is 2.37. The number of hydrogen-bond donors (Lipinski definition) is 0. The monoisotopic (exact) mass is 169 g/mol. The molecule has 0 aliphatic carbocycles. The molecule has 1 rings (SSSR count). The van der Waals surface area contributed by atoms with Gasteiger partial charge >= 0.3 is 0 Å². The lowest BCUT2D eigenvalue weighted by Crippen LogP contribution is -2.33. The van der Waals surface area contributed by atoms with Crippen molar-refractivity contribution in [1.82, 2.24) is 4.90 Å². The quantitative estimate of drug-likeness (QED) is 0.620. The summed E-state index contributed by atoms with van der Waals surface area (Å²) in [6.45, 7) is 4.08. The molecule has 0 N–H and O–H groups in total. The highest BCUT2D eigenvalue weighted by atomic mass is 16.2. The van der Waals surface area contributed by atoms with Crippen LogP contribution in [0.1, 0.15) is 45.4 Å². The standard InChI is InChI=1S/C10H19NO/c1-2-8-11-9-6-4-3-5-7-10(11)12/h2-9H2,1H3. The van der Waals surface area contributed by atoms with Crippen molar-refractivity contribution in [3.63, 3.8) is 0 Å². The lowest BCUT2D eigenvalue weighted by atomic mass is 10.1. The van der Waals surface area contributed by atoms with Crippen LogP contribution in [0.15, 0.2) is 0 Å². The van der Waals surface area contributed by atoms with Gasteiger partial charge in [0.25, 0.3) is 0 Å². The highest BCUT2D eigenvalue weighted by molar-refractivity contribution is 5.76. The molecule has 1 aliphatic heterocycles. The van der Waals surface area contributed by atoms with Gasteiger partial charge in [0.1, 0.15) is 0 Å². The Morgan fingerprint density at radius 2 is 2.00 bits per heavy atom. The minimum atomic E-state index is 0.372. The molecule has 1 heterocycles. The number of nitrogens with zero attached hydrogens (tertiary/aromatic N) is 1. The van der Waals surface area contributed by atoms with Gasteiger partial charge in [-0.2, -0.15) is 0 Å². The van der Waals surface area contributed by atoms with Crippen molar-refractivity contribution in [1.29, 1.82) is 0 Å². The molecule has 2 heteroatoms. The predicted molar refractivity (Wildman–Crippen MR) is 50.0 cm³/mol. The molecule has 0 bridgehead atoms. The largest absolute Gasteiger partial charge is 0.343 e. The smallest absolute Gasteiger partial charge is 0.222 e. The first kappa shape index (κ1) is 9.56. The maximum atomic E-state index is 11.5. The minimum absolute atomic E-state index is 0.372. The van der Waals surface area contributed by atoms with E-state index in [-0.39, 0.29) is 0 Å². The highest BCUT2D eigenvalue weighted by Crippen LogP contribution is 2.11. The first-order chi connectivity index (χ1) is 5.84. The van der Waals surface area contributed by atoms with Crippen LogP contribution < -0.4 is 0 Å². The Morgan fingerprint density at radius 1 is 1.25 bits per heavy atom. The van der Waals surface area contributed by atoms with Gasteiger partial charge in [-0.25, -0.2) is 0 Å². The molecule has 0 spiro atoms. The van der Waals surface area contributed by atoms with E-state index in [1.54, 1.807) is 0 Å². The van der Waals surface area contributed by atoms with E-state index in [9.17, 15) is 4.79 Å². The maximum absolute atomic E-state index is 11.5. The second-order valence-corrected chi connectivity index (χ2v) is 3.55. The third kappa shape index (κ3) is 2.84. The van der Waals surface area contributed by atoms with Crippen LogP contribution in [-0.4, -0.2) is 23.9 Å². The molecule has 12 heavy (non-hydrogen) atoms. The van der Waals surface area contributed by atoms with Crippen molar-refractivity contribution < 1.29 is 4.79 Å². The van der Waals surface area contributed by atoms with Crippen molar-refractivity contribution >= 4 is 5.91 Å². The molecule has 70 valence electrons. The normalized spacial score (nSPS) is 20.4. The van der Waals surface area contributed by atoms with Gasteiger partial charge in [-0.1, -0.05) is 19.8 Å². The van der Waals surface area contributed by atoms with E-state index >= 15 is 0 Å². The predicted octanol–water partition coefficient (Wildman–Crippen LogP) is 2.19. The molecule has 1 amide bonds. The summed E-state index contributed by atoms with van der Waals surface area (Å²) in [6.07, 6.45) is 6.70. The van der Waals surface area contributed by atoms with E-state index in [4.69, 9.17) is 0 Å². The summed E-state index contributed by atoms with van der Waals surface area (Å²) in [5.74, 6) is 0.372. The first-order valence-corrected chi connectivity index (χ1v) is 5.12. The van der Waals surface area contributed by atoms with Crippen LogP contribution in [0.4, 0.5) is 0 Å². The topological polar surface area (TPSA) is 20.3 Å². The minimum Gasteiger partial charge on any atom is -0.343 e. The fraction of sp³-hybridized carbons (Fsp3) is 0.900. The molecule has 0 aromatic carbocycles. The molecule has 0 unspecified atom stereocenters. The third-order valence-electron chi connectivity index (χ3n) is 2.41. The summed E-state index contributed by atoms with van der Waals surface area (Å²) in [4.78, 5) is 13.5. The number of carbonyl (C=O) groups is 1. The number of amides is 1. The highest BCUT2D eigenvalue weighted by Gasteiger charge is 2.13. The van der Waals surface area contributed by atoms with Crippen LogP contribution in [0.2, 0.25) is 0 Å². The summed E-state index contributed by atoms with van der Waals surface area (Å²) >= 11 is 0. The van der Waals surface area contributed by atoms with Gasteiger partial charge in [-0.3, -0.25) is 4.79 Å². The lowest BCUT2D eigenvalue weighted by Gasteiger charge is -2.24. The van der Waals surface area contributed by atoms with Gasteiger partial charge < -0.3 is 4.90 Å².